The third-order valence-corrected chi connectivity index (χ3v) is 5.13. The number of carbonyl (C=O) groups is 1. The number of benzene rings is 1. The van der Waals surface area contributed by atoms with Gasteiger partial charge in [0.1, 0.15) is 0 Å². The summed E-state index contributed by atoms with van der Waals surface area (Å²) in [5.41, 5.74) is 3.44. The molecular weight excluding hydrogens is 334 g/mol. The van der Waals surface area contributed by atoms with Gasteiger partial charge in [-0.15, -0.1) is 0 Å². The van der Waals surface area contributed by atoms with Crippen molar-refractivity contribution in [3.63, 3.8) is 0 Å². The van der Waals surface area contributed by atoms with Crippen molar-refractivity contribution in [2.75, 3.05) is 26.3 Å². The molecule has 0 aromatic heterocycles. The lowest BCUT2D eigenvalue weighted by molar-refractivity contribution is 0.111. The number of hydrogen-bond donors (Lipinski definition) is 1. The molecule has 0 saturated carbocycles. The van der Waals surface area contributed by atoms with Gasteiger partial charge >= 0.3 is 6.03 Å². The Labute approximate surface area is 155 Å². The number of allylic oxidation sites excluding steroid dienone is 2. The van der Waals surface area contributed by atoms with Gasteiger partial charge in [-0.25, -0.2) is 4.79 Å². The highest BCUT2D eigenvalue weighted by Gasteiger charge is 2.22. The third kappa shape index (κ3) is 5.10. The lowest BCUT2D eigenvalue weighted by Gasteiger charge is -2.36. The van der Waals surface area contributed by atoms with E-state index < -0.39 is 0 Å². The second kappa shape index (κ2) is 8.54. The number of hydrogen-bond acceptors (Lipinski definition) is 2. The van der Waals surface area contributed by atoms with Crippen LogP contribution in [-0.4, -0.2) is 42.1 Å². The summed E-state index contributed by atoms with van der Waals surface area (Å²) >= 11 is 6.15. The minimum atomic E-state index is -0.00503. The standard InChI is InChI=1S/C20H26ClN3O/c1-16-8-9-18(12-19(16)21)13-22-20(25)24-11-5-10-23(15-24)14-17-6-3-2-4-7-17/h3,6-9,12H,2,4-5,10-11,13-15H2,1H3,(H,22,25). The SMILES string of the molecule is Cc1ccc(CNC(=O)N2CCCN(CC3=CCCC=C3)C2)cc1Cl. The number of rotatable bonds is 4. The monoisotopic (exact) mass is 359 g/mol. The molecule has 4 nitrogen and oxygen atoms in total. The summed E-state index contributed by atoms with van der Waals surface area (Å²) in [5, 5.41) is 3.75. The lowest BCUT2D eigenvalue weighted by Crippen LogP contribution is -2.51. The van der Waals surface area contributed by atoms with Crippen LogP contribution in [0.25, 0.3) is 0 Å². The molecule has 0 atom stereocenters. The minimum Gasteiger partial charge on any atom is -0.334 e. The molecule has 1 aliphatic heterocycles. The molecule has 3 rings (SSSR count). The van der Waals surface area contributed by atoms with Crippen molar-refractivity contribution < 1.29 is 4.79 Å². The molecule has 1 aliphatic carbocycles. The highest BCUT2D eigenvalue weighted by Crippen LogP contribution is 2.17. The van der Waals surface area contributed by atoms with Crippen LogP contribution in [0.4, 0.5) is 4.79 Å². The van der Waals surface area contributed by atoms with Gasteiger partial charge < -0.3 is 10.2 Å². The molecule has 2 aliphatic rings. The number of halogens is 1. The van der Waals surface area contributed by atoms with Gasteiger partial charge in [0.05, 0.1) is 6.67 Å². The molecule has 5 heteroatoms. The van der Waals surface area contributed by atoms with E-state index in [9.17, 15) is 4.79 Å². The third-order valence-electron chi connectivity index (χ3n) is 4.72. The average Bonchev–Trinajstić information content (AvgIpc) is 2.63. The summed E-state index contributed by atoms with van der Waals surface area (Å²) < 4.78 is 0. The fourth-order valence-corrected chi connectivity index (χ4v) is 3.44. The summed E-state index contributed by atoms with van der Waals surface area (Å²) in [5.74, 6) is 0. The number of nitrogens with one attached hydrogen (secondary N) is 1. The molecule has 2 amide bonds. The Balaban J connectivity index is 1.50. The Kier molecular flexibility index (Phi) is 6.16. The zero-order chi connectivity index (χ0) is 17.6. The van der Waals surface area contributed by atoms with Crippen LogP contribution in [0.15, 0.2) is 42.0 Å². The Hall–Kier alpha value is -1.78. The largest absolute Gasteiger partial charge is 0.334 e. The molecule has 0 unspecified atom stereocenters. The molecule has 0 radical (unpaired) electrons. The van der Waals surface area contributed by atoms with Gasteiger partial charge in [-0.1, -0.05) is 42.0 Å². The number of amides is 2. The van der Waals surface area contributed by atoms with E-state index >= 15 is 0 Å². The average molecular weight is 360 g/mol. The first kappa shape index (κ1) is 18.0. The number of aryl methyl sites for hydroxylation is 1. The number of carbonyl (C=O) groups excluding carboxylic acids is 1. The van der Waals surface area contributed by atoms with Crippen LogP contribution in [-0.2, 0) is 6.54 Å². The Morgan fingerprint density at radius 3 is 2.92 bits per heavy atom. The summed E-state index contributed by atoms with van der Waals surface area (Å²) in [6.45, 7) is 5.95. The smallest absolute Gasteiger partial charge is 0.318 e. The minimum absolute atomic E-state index is 0.00503. The number of nitrogens with zero attached hydrogens (tertiary/aromatic N) is 2. The summed E-state index contributed by atoms with van der Waals surface area (Å²) in [6.07, 6.45) is 10.0. The van der Waals surface area contributed by atoms with E-state index in [0.29, 0.717) is 13.2 Å². The number of urea groups is 1. The Morgan fingerprint density at radius 1 is 1.28 bits per heavy atom. The molecule has 25 heavy (non-hydrogen) atoms. The first-order chi connectivity index (χ1) is 12.1. The molecule has 1 aromatic carbocycles. The van der Waals surface area contributed by atoms with Crippen molar-refractivity contribution in [3.8, 4) is 0 Å². The maximum atomic E-state index is 12.5. The summed E-state index contributed by atoms with van der Waals surface area (Å²) in [7, 11) is 0. The van der Waals surface area contributed by atoms with Gasteiger partial charge in [0.25, 0.3) is 0 Å². The van der Waals surface area contributed by atoms with Crippen LogP contribution in [0, 0.1) is 6.92 Å². The van der Waals surface area contributed by atoms with Crippen molar-refractivity contribution in [3.05, 3.63) is 58.1 Å². The molecular formula is C20H26ClN3O. The summed E-state index contributed by atoms with van der Waals surface area (Å²) in [4.78, 5) is 16.7. The topological polar surface area (TPSA) is 35.6 Å². The second-order valence-electron chi connectivity index (χ2n) is 6.81. The molecule has 0 spiro atoms. The predicted octanol–water partition coefficient (Wildman–Crippen LogP) is 4.10. The van der Waals surface area contributed by atoms with E-state index in [-0.39, 0.29) is 6.03 Å². The second-order valence-corrected chi connectivity index (χ2v) is 7.22. The van der Waals surface area contributed by atoms with Crippen molar-refractivity contribution >= 4 is 17.6 Å². The van der Waals surface area contributed by atoms with Crippen LogP contribution in [0.3, 0.4) is 0 Å². The Morgan fingerprint density at radius 2 is 2.16 bits per heavy atom. The van der Waals surface area contributed by atoms with E-state index in [1.807, 2.05) is 30.0 Å². The fraction of sp³-hybridized carbons (Fsp3) is 0.450. The van der Waals surface area contributed by atoms with Crippen LogP contribution in [0.1, 0.15) is 30.4 Å². The van der Waals surface area contributed by atoms with Crippen molar-refractivity contribution in [1.29, 1.82) is 0 Å². The predicted molar refractivity (Wildman–Crippen MR) is 103 cm³/mol. The van der Waals surface area contributed by atoms with E-state index in [0.717, 1.165) is 55.0 Å². The maximum Gasteiger partial charge on any atom is 0.318 e. The zero-order valence-electron chi connectivity index (χ0n) is 14.8. The molecule has 1 aromatic rings. The van der Waals surface area contributed by atoms with E-state index in [1.165, 1.54) is 5.57 Å². The van der Waals surface area contributed by atoms with E-state index in [1.54, 1.807) is 0 Å². The lowest BCUT2D eigenvalue weighted by atomic mass is 10.1. The first-order valence-corrected chi connectivity index (χ1v) is 9.35. The van der Waals surface area contributed by atoms with E-state index in [2.05, 4.69) is 28.4 Å². The van der Waals surface area contributed by atoms with Crippen molar-refractivity contribution in [2.45, 2.75) is 32.7 Å². The van der Waals surface area contributed by atoms with Crippen LogP contribution in [0.5, 0.6) is 0 Å². The maximum absolute atomic E-state index is 12.5. The van der Waals surface area contributed by atoms with E-state index in [4.69, 9.17) is 11.6 Å². The van der Waals surface area contributed by atoms with Crippen molar-refractivity contribution in [2.24, 2.45) is 0 Å². The first-order valence-electron chi connectivity index (χ1n) is 8.97. The normalized spacial score (nSPS) is 18.2. The zero-order valence-corrected chi connectivity index (χ0v) is 15.6. The van der Waals surface area contributed by atoms with Crippen LogP contribution >= 0.6 is 11.6 Å². The molecule has 1 N–H and O–H groups in total. The van der Waals surface area contributed by atoms with Gasteiger partial charge in [-0.2, -0.15) is 0 Å². The molecule has 0 bridgehead atoms. The summed E-state index contributed by atoms with van der Waals surface area (Å²) in [6, 6.07) is 5.90. The van der Waals surface area contributed by atoms with Gasteiger partial charge in [0, 0.05) is 31.2 Å². The van der Waals surface area contributed by atoms with Crippen LogP contribution < -0.4 is 5.32 Å². The fourth-order valence-electron chi connectivity index (χ4n) is 3.24. The highest BCUT2D eigenvalue weighted by molar-refractivity contribution is 6.31. The van der Waals surface area contributed by atoms with Gasteiger partial charge in [-0.3, -0.25) is 4.90 Å². The Bertz CT molecular complexity index is 684. The molecule has 1 fully saturated rings. The molecule has 134 valence electrons. The van der Waals surface area contributed by atoms with Gasteiger partial charge in [0.15, 0.2) is 0 Å². The van der Waals surface area contributed by atoms with Crippen LogP contribution in [0.2, 0.25) is 5.02 Å². The van der Waals surface area contributed by atoms with Gasteiger partial charge in [-0.05, 0) is 49.0 Å². The van der Waals surface area contributed by atoms with Crippen molar-refractivity contribution in [1.82, 2.24) is 15.1 Å². The molecule has 1 saturated heterocycles. The molecule has 1 heterocycles. The van der Waals surface area contributed by atoms with Gasteiger partial charge in [0.2, 0.25) is 0 Å². The highest BCUT2D eigenvalue weighted by atomic mass is 35.5. The quantitative estimate of drug-likeness (QED) is 0.878.